The smallest absolute Gasteiger partial charge is 0.422 e. The third-order valence-electron chi connectivity index (χ3n) is 1.88. The van der Waals surface area contributed by atoms with Gasteiger partial charge < -0.3 is 15.2 Å². The SMILES string of the molecule is COc1ccc(OCC(F)(F)F)c(CN)c1. The van der Waals surface area contributed by atoms with Gasteiger partial charge in [0.05, 0.1) is 7.11 Å². The maximum atomic E-state index is 11.9. The van der Waals surface area contributed by atoms with Crippen molar-refractivity contribution in [1.29, 1.82) is 0 Å². The first kappa shape index (κ1) is 12.6. The van der Waals surface area contributed by atoms with Crippen molar-refractivity contribution in [2.24, 2.45) is 5.73 Å². The number of hydrogen-bond acceptors (Lipinski definition) is 3. The molecular formula is C10H12F3NO2. The first-order chi connectivity index (χ1) is 7.46. The Bertz CT molecular complexity index is 352. The number of methoxy groups -OCH3 is 1. The van der Waals surface area contributed by atoms with Gasteiger partial charge in [-0.2, -0.15) is 13.2 Å². The van der Waals surface area contributed by atoms with Crippen molar-refractivity contribution in [3.63, 3.8) is 0 Å². The summed E-state index contributed by atoms with van der Waals surface area (Å²) in [4.78, 5) is 0. The van der Waals surface area contributed by atoms with E-state index in [1.165, 1.54) is 19.2 Å². The second-order valence-electron chi connectivity index (χ2n) is 3.08. The van der Waals surface area contributed by atoms with E-state index in [-0.39, 0.29) is 12.3 Å². The van der Waals surface area contributed by atoms with E-state index in [1.807, 2.05) is 0 Å². The molecule has 0 aliphatic carbocycles. The van der Waals surface area contributed by atoms with Crippen molar-refractivity contribution in [2.75, 3.05) is 13.7 Å². The molecule has 0 aromatic heterocycles. The van der Waals surface area contributed by atoms with Crippen LogP contribution in [0.4, 0.5) is 13.2 Å². The van der Waals surface area contributed by atoms with Gasteiger partial charge in [0.15, 0.2) is 6.61 Å². The topological polar surface area (TPSA) is 44.5 Å². The van der Waals surface area contributed by atoms with Crippen molar-refractivity contribution in [2.45, 2.75) is 12.7 Å². The average molecular weight is 235 g/mol. The molecule has 1 rings (SSSR count). The van der Waals surface area contributed by atoms with Crippen molar-refractivity contribution >= 4 is 0 Å². The zero-order valence-electron chi connectivity index (χ0n) is 8.67. The number of benzene rings is 1. The van der Waals surface area contributed by atoms with Gasteiger partial charge in [0.1, 0.15) is 11.5 Å². The largest absolute Gasteiger partial charge is 0.497 e. The number of alkyl halides is 3. The molecule has 16 heavy (non-hydrogen) atoms. The molecule has 1 aromatic carbocycles. The second-order valence-corrected chi connectivity index (χ2v) is 3.08. The molecule has 6 heteroatoms. The predicted octanol–water partition coefficient (Wildman–Crippen LogP) is 2.09. The third-order valence-corrected chi connectivity index (χ3v) is 1.88. The highest BCUT2D eigenvalue weighted by Gasteiger charge is 2.28. The summed E-state index contributed by atoms with van der Waals surface area (Å²) in [6, 6.07) is 4.48. The van der Waals surface area contributed by atoms with E-state index >= 15 is 0 Å². The van der Waals surface area contributed by atoms with E-state index in [1.54, 1.807) is 6.07 Å². The van der Waals surface area contributed by atoms with Crippen molar-refractivity contribution in [1.82, 2.24) is 0 Å². The Hall–Kier alpha value is -1.43. The molecule has 0 bridgehead atoms. The molecule has 0 spiro atoms. The minimum atomic E-state index is -4.36. The molecule has 0 fully saturated rings. The van der Waals surface area contributed by atoms with Crippen LogP contribution in [0.5, 0.6) is 11.5 Å². The molecule has 0 aliphatic rings. The van der Waals surface area contributed by atoms with E-state index in [0.29, 0.717) is 11.3 Å². The van der Waals surface area contributed by atoms with Gasteiger partial charge in [-0.25, -0.2) is 0 Å². The van der Waals surface area contributed by atoms with Crippen LogP contribution in [0, 0.1) is 0 Å². The summed E-state index contributed by atoms with van der Waals surface area (Å²) in [7, 11) is 1.46. The van der Waals surface area contributed by atoms with Crippen molar-refractivity contribution in [3.05, 3.63) is 23.8 Å². The van der Waals surface area contributed by atoms with Crippen LogP contribution in [0.2, 0.25) is 0 Å². The molecule has 0 heterocycles. The summed E-state index contributed by atoms with van der Waals surface area (Å²) in [6.07, 6.45) is -4.36. The third kappa shape index (κ3) is 3.62. The number of ether oxygens (including phenoxy) is 2. The zero-order valence-corrected chi connectivity index (χ0v) is 8.67. The molecule has 0 amide bonds. The first-order valence-corrected chi connectivity index (χ1v) is 4.53. The Labute approximate surface area is 91.0 Å². The van der Waals surface area contributed by atoms with Crippen LogP contribution >= 0.6 is 0 Å². The second kappa shape index (κ2) is 5.07. The lowest BCUT2D eigenvalue weighted by Gasteiger charge is -2.13. The Morgan fingerprint density at radius 1 is 1.31 bits per heavy atom. The minimum Gasteiger partial charge on any atom is -0.497 e. The zero-order chi connectivity index (χ0) is 12.2. The standard InChI is InChI=1S/C10H12F3NO2/c1-15-8-2-3-9(7(4-8)5-14)16-6-10(11,12)13/h2-4H,5-6,14H2,1H3. The van der Waals surface area contributed by atoms with Crippen molar-refractivity contribution < 1.29 is 22.6 Å². The van der Waals surface area contributed by atoms with Gasteiger partial charge in [-0.15, -0.1) is 0 Å². The fourth-order valence-electron chi connectivity index (χ4n) is 1.14. The minimum absolute atomic E-state index is 0.0877. The van der Waals surface area contributed by atoms with E-state index < -0.39 is 12.8 Å². The van der Waals surface area contributed by atoms with Crippen LogP contribution < -0.4 is 15.2 Å². The summed E-state index contributed by atoms with van der Waals surface area (Å²) >= 11 is 0. The fourth-order valence-corrected chi connectivity index (χ4v) is 1.14. The Morgan fingerprint density at radius 3 is 2.50 bits per heavy atom. The summed E-state index contributed by atoms with van der Waals surface area (Å²) in [5, 5.41) is 0. The van der Waals surface area contributed by atoms with Crippen LogP contribution in [0.15, 0.2) is 18.2 Å². The van der Waals surface area contributed by atoms with Crippen LogP contribution in [0.25, 0.3) is 0 Å². The van der Waals surface area contributed by atoms with Gasteiger partial charge in [-0.1, -0.05) is 0 Å². The monoisotopic (exact) mass is 235 g/mol. The van der Waals surface area contributed by atoms with Crippen LogP contribution in [0.1, 0.15) is 5.56 Å². The van der Waals surface area contributed by atoms with E-state index in [9.17, 15) is 13.2 Å². The summed E-state index contributed by atoms with van der Waals surface area (Å²) in [5.41, 5.74) is 5.87. The van der Waals surface area contributed by atoms with Gasteiger partial charge >= 0.3 is 6.18 Å². The highest BCUT2D eigenvalue weighted by Crippen LogP contribution is 2.25. The molecule has 3 nitrogen and oxygen atoms in total. The predicted molar refractivity (Wildman–Crippen MR) is 52.4 cm³/mol. The molecule has 0 unspecified atom stereocenters. The summed E-state index contributed by atoms with van der Waals surface area (Å²) < 4.78 is 45.4. The van der Waals surface area contributed by atoms with E-state index in [4.69, 9.17) is 10.5 Å². The summed E-state index contributed by atoms with van der Waals surface area (Å²) in [5.74, 6) is 0.653. The van der Waals surface area contributed by atoms with Crippen LogP contribution in [-0.2, 0) is 6.54 Å². The number of hydrogen-bond donors (Lipinski definition) is 1. The molecular weight excluding hydrogens is 223 g/mol. The Morgan fingerprint density at radius 2 is 2.00 bits per heavy atom. The highest BCUT2D eigenvalue weighted by molar-refractivity contribution is 5.40. The normalized spacial score (nSPS) is 11.3. The molecule has 2 N–H and O–H groups in total. The van der Waals surface area contributed by atoms with Gasteiger partial charge in [0.2, 0.25) is 0 Å². The maximum Gasteiger partial charge on any atom is 0.422 e. The average Bonchev–Trinajstić information content (AvgIpc) is 2.25. The molecule has 1 aromatic rings. The summed E-state index contributed by atoms with van der Waals surface area (Å²) in [6.45, 7) is -1.24. The highest BCUT2D eigenvalue weighted by atomic mass is 19.4. The van der Waals surface area contributed by atoms with Gasteiger partial charge in [-0.05, 0) is 18.2 Å². The molecule has 0 saturated heterocycles. The van der Waals surface area contributed by atoms with Gasteiger partial charge in [-0.3, -0.25) is 0 Å². The Kier molecular flexibility index (Phi) is 4.00. The fraction of sp³-hybridized carbons (Fsp3) is 0.400. The lowest BCUT2D eigenvalue weighted by Crippen LogP contribution is -2.20. The number of halogens is 3. The maximum absolute atomic E-state index is 11.9. The van der Waals surface area contributed by atoms with E-state index in [0.717, 1.165) is 0 Å². The van der Waals surface area contributed by atoms with Crippen LogP contribution in [0.3, 0.4) is 0 Å². The lowest BCUT2D eigenvalue weighted by atomic mass is 10.2. The molecule has 90 valence electrons. The van der Waals surface area contributed by atoms with E-state index in [2.05, 4.69) is 4.74 Å². The first-order valence-electron chi connectivity index (χ1n) is 4.53. The van der Waals surface area contributed by atoms with Gasteiger partial charge in [0.25, 0.3) is 0 Å². The number of rotatable bonds is 4. The van der Waals surface area contributed by atoms with Gasteiger partial charge in [0, 0.05) is 12.1 Å². The molecule has 0 saturated carbocycles. The quantitative estimate of drug-likeness (QED) is 0.869. The number of nitrogens with two attached hydrogens (primary N) is 1. The lowest BCUT2D eigenvalue weighted by molar-refractivity contribution is -0.153. The molecule has 0 atom stereocenters. The Balaban J connectivity index is 2.79. The molecule has 0 radical (unpaired) electrons. The molecule has 0 aliphatic heterocycles. The van der Waals surface area contributed by atoms with Crippen molar-refractivity contribution in [3.8, 4) is 11.5 Å². The van der Waals surface area contributed by atoms with Crippen LogP contribution in [-0.4, -0.2) is 19.9 Å².